The number of benzene rings is 1. The van der Waals surface area contributed by atoms with Crippen molar-refractivity contribution in [2.45, 2.75) is 51.7 Å². The van der Waals surface area contributed by atoms with Crippen LogP contribution < -0.4 is 5.32 Å². The molecule has 0 heterocycles. The van der Waals surface area contributed by atoms with Crippen LogP contribution in [0.15, 0.2) is 42.5 Å². The molecule has 0 radical (unpaired) electrons. The normalized spacial score (nSPS) is 12.5. The zero-order chi connectivity index (χ0) is 18.9. The Hall–Kier alpha value is -1.98. The maximum Gasteiger partial charge on any atom is 0.246 e. The lowest BCUT2D eigenvalue weighted by Crippen LogP contribution is -2.42. The number of aliphatic hydroxyl groups excluding tert-OH is 1. The van der Waals surface area contributed by atoms with Crippen LogP contribution in [-0.2, 0) is 20.7 Å². The van der Waals surface area contributed by atoms with Crippen LogP contribution in [0.4, 0.5) is 0 Å². The van der Waals surface area contributed by atoms with Crippen LogP contribution in [0, 0.1) is 0 Å². The lowest BCUT2D eigenvalue weighted by atomic mass is 9.99. The van der Waals surface area contributed by atoms with E-state index in [1.54, 1.807) is 20.8 Å². The molecule has 1 aromatic carbocycles. The standard InChI is InChI=1S/C20H29NO4/c1-15(2)19(24)21-17(13-16-9-6-5-7-10-16)18(23)11-8-12-25-20(3,4)14-22/h5-7,9-10,17,22H,1,8,11-14H2,2-4H3,(H,21,24). The number of ketones is 1. The molecule has 1 rings (SSSR count). The van der Waals surface area contributed by atoms with Crippen LogP contribution in [0.3, 0.4) is 0 Å². The molecular formula is C20H29NO4. The number of Topliss-reactive ketones (excluding diaryl/α,β-unsaturated/α-hetero) is 1. The predicted molar refractivity (Wildman–Crippen MR) is 98.2 cm³/mol. The highest BCUT2D eigenvalue weighted by molar-refractivity contribution is 5.96. The number of rotatable bonds is 11. The smallest absolute Gasteiger partial charge is 0.246 e. The summed E-state index contributed by atoms with van der Waals surface area (Å²) in [5, 5.41) is 11.9. The van der Waals surface area contributed by atoms with Gasteiger partial charge in [-0.1, -0.05) is 36.9 Å². The van der Waals surface area contributed by atoms with E-state index in [2.05, 4.69) is 11.9 Å². The maximum atomic E-state index is 12.6. The van der Waals surface area contributed by atoms with E-state index in [0.717, 1.165) is 5.56 Å². The lowest BCUT2D eigenvalue weighted by molar-refractivity contribution is -0.126. The summed E-state index contributed by atoms with van der Waals surface area (Å²) in [6.45, 7) is 9.12. The highest BCUT2D eigenvalue weighted by Gasteiger charge is 2.22. The van der Waals surface area contributed by atoms with Crippen molar-refractivity contribution in [3.05, 3.63) is 48.0 Å². The molecule has 0 fully saturated rings. The average molecular weight is 347 g/mol. The molecule has 0 aliphatic rings. The third kappa shape index (κ3) is 8.09. The van der Waals surface area contributed by atoms with Gasteiger partial charge >= 0.3 is 0 Å². The topological polar surface area (TPSA) is 75.6 Å². The Balaban J connectivity index is 2.62. The Morgan fingerprint density at radius 3 is 2.48 bits per heavy atom. The maximum absolute atomic E-state index is 12.6. The van der Waals surface area contributed by atoms with Gasteiger partial charge in [0.25, 0.3) is 0 Å². The van der Waals surface area contributed by atoms with E-state index >= 15 is 0 Å². The molecule has 0 saturated carbocycles. The summed E-state index contributed by atoms with van der Waals surface area (Å²) >= 11 is 0. The second-order valence-corrected chi connectivity index (χ2v) is 6.83. The molecule has 5 heteroatoms. The molecule has 1 atom stereocenters. The van der Waals surface area contributed by atoms with Crippen LogP contribution in [-0.4, -0.2) is 41.7 Å². The molecule has 0 spiro atoms. The van der Waals surface area contributed by atoms with E-state index in [9.17, 15) is 9.59 Å². The summed E-state index contributed by atoms with van der Waals surface area (Å²) in [4.78, 5) is 24.5. The van der Waals surface area contributed by atoms with Crippen molar-refractivity contribution in [3.63, 3.8) is 0 Å². The van der Waals surface area contributed by atoms with Crippen LogP contribution >= 0.6 is 0 Å². The van der Waals surface area contributed by atoms with Gasteiger partial charge < -0.3 is 15.2 Å². The Labute approximate surface area is 150 Å². The predicted octanol–water partition coefficient (Wildman–Crippen LogP) is 2.43. The van der Waals surface area contributed by atoms with Crippen molar-refractivity contribution in [1.29, 1.82) is 0 Å². The second-order valence-electron chi connectivity index (χ2n) is 6.83. The monoisotopic (exact) mass is 347 g/mol. The van der Waals surface area contributed by atoms with E-state index in [-0.39, 0.29) is 18.3 Å². The van der Waals surface area contributed by atoms with E-state index < -0.39 is 11.6 Å². The van der Waals surface area contributed by atoms with Gasteiger partial charge in [-0.05, 0) is 39.2 Å². The third-order valence-corrected chi connectivity index (χ3v) is 3.81. The molecule has 0 saturated heterocycles. The van der Waals surface area contributed by atoms with Gasteiger partial charge in [-0.2, -0.15) is 0 Å². The van der Waals surface area contributed by atoms with Gasteiger partial charge in [-0.3, -0.25) is 9.59 Å². The van der Waals surface area contributed by atoms with E-state index in [1.807, 2.05) is 30.3 Å². The minimum Gasteiger partial charge on any atom is -0.393 e. The van der Waals surface area contributed by atoms with Crippen molar-refractivity contribution in [3.8, 4) is 0 Å². The van der Waals surface area contributed by atoms with Crippen molar-refractivity contribution >= 4 is 11.7 Å². The van der Waals surface area contributed by atoms with E-state index in [4.69, 9.17) is 9.84 Å². The lowest BCUT2D eigenvalue weighted by Gasteiger charge is -2.23. The molecule has 1 unspecified atom stereocenters. The summed E-state index contributed by atoms with van der Waals surface area (Å²) in [6, 6.07) is 9.00. The first kappa shape index (κ1) is 21.1. The van der Waals surface area contributed by atoms with Gasteiger partial charge in [0, 0.05) is 18.6 Å². The third-order valence-electron chi connectivity index (χ3n) is 3.81. The summed E-state index contributed by atoms with van der Waals surface area (Å²) in [6.07, 6.45) is 1.29. The Bertz CT molecular complexity index is 581. The summed E-state index contributed by atoms with van der Waals surface area (Å²) < 4.78 is 5.54. The SMILES string of the molecule is C=C(C)C(=O)NC(Cc1ccccc1)C(=O)CCCOC(C)(C)CO. The van der Waals surface area contributed by atoms with E-state index in [0.29, 0.717) is 31.4 Å². The first-order chi connectivity index (χ1) is 11.7. The van der Waals surface area contributed by atoms with E-state index in [1.165, 1.54) is 0 Å². The number of carbonyl (C=O) groups excluding carboxylic acids is 2. The largest absolute Gasteiger partial charge is 0.393 e. The van der Waals surface area contributed by atoms with Crippen molar-refractivity contribution < 1.29 is 19.4 Å². The fraction of sp³-hybridized carbons (Fsp3) is 0.500. The first-order valence-corrected chi connectivity index (χ1v) is 8.53. The first-order valence-electron chi connectivity index (χ1n) is 8.53. The number of aliphatic hydroxyl groups is 1. The summed E-state index contributed by atoms with van der Waals surface area (Å²) in [5.41, 5.74) is 0.750. The molecule has 1 aromatic rings. The van der Waals surface area contributed by atoms with Crippen molar-refractivity contribution in [2.24, 2.45) is 0 Å². The number of amides is 1. The van der Waals surface area contributed by atoms with Gasteiger partial charge in [0.05, 0.1) is 18.2 Å². The molecule has 138 valence electrons. The van der Waals surface area contributed by atoms with Crippen LogP contribution in [0.25, 0.3) is 0 Å². The fourth-order valence-corrected chi connectivity index (χ4v) is 2.19. The molecule has 0 aliphatic carbocycles. The summed E-state index contributed by atoms with van der Waals surface area (Å²) in [5.74, 6) is -0.351. The van der Waals surface area contributed by atoms with Gasteiger partial charge in [0.2, 0.25) is 5.91 Å². The van der Waals surface area contributed by atoms with Crippen molar-refractivity contribution in [1.82, 2.24) is 5.32 Å². The Morgan fingerprint density at radius 1 is 1.28 bits per heavy atom. The molecule has 0 bridgehead atoms. The summed E-state index contributed by atoms with van der Waals surface area (Å²) in [7, 11) is 0. The van der Waals surface area contributed by atoms with Gasteiger partial charge in [0.1, 0.15) is 0 Å². The van der Waals surface area contributed by atoms with Gasteiger partial charge in [-0.15, -0.1) is 0 Å². The highest BCUT2D eigenvalue weighted by Crippen LogP contribution is 2.11. The molecular weight excluding hydrogens is 318 g/mol. The zero-order valence-corrected chi connectivity index (χ0v) is 15.4. The highest BCUT2D eigenvalue weighted by atomic mass is 16.5. The Kier molecular flexibility index (Phi) is 8.52. The minimum absolute atomic E-state index is 0.0381. The minimum atomic E-state index is -0.610. The van der Waals surface area contributed by atoms with Crippen LogP contribution in [0.5, 0.6) is 0 Å². The molecule has 0 aliphatic heterocycles. The van der Waals surface area contributed by atoms with Gasteiger partial charge in [-0.25, -0.2) is 0 Å². The number of carbonyl (C=O) groups is 2. The number of ether oxygens (including phenoxy) is 1. The average Bonchev–Trinajstić information content (AvgIpc) is 2.58. The molecule has 25 heavy (non-hydrogen) atoms. The quantitative estimate of drug-likeness (QED) is 0.476. The van der Waals surface area contributed by atoms with Crippen molar-refractivity contribution in [2.75, 3.05) is 13.2 Å². The Morgan fingerprint density at radius 2 is 1.92 bits per heavy atom. The molecule has 5 nitrogen and oxygen atoms in total. The molecule has 0 aromatic heterocycles. The van der Waals surface area contributed by atoms with Crippen LogP contribution in [0.1, 0.15) is 39.2 Å². The number of nitrogens with one attached hydrogen (secondary N) is 1. The van der Waals surface area contributed by atoms with Gasteiger partial charge in [0.15, 0.2) is 5.78 Å². The second kappa shape index (κ2) is 10.1. The zero-order valence-electron chi connectivity index (χ0n) is 15.4. The molecule has 2 N–H and O–H groups in total. The van der Waals surface area contributed by atoms with Crippen LogP contribution in [0.2, 0.25) is 0 Å². The fourth-order valence-electron chi connectivity index (χ4n) is 2.19. The number of hydrogen-bond acceptors (Lipinski definition) is 4. The molecule has 1 amide bonds. The number of hydrogen-bond donors (Lipinski definition) is 2.